The Labute approximate surface area is 141 Å². The van der Waals surface area contributed by atoms with Gasteiger partial charge in [-0.05, 0) is 42.6 Å². The summed E-state index contributed by atoms with van der Waals surface area (Å²) in [5.41, 5.74) is 7.49. The molecule has 2 aromatic heterocycles. The van der Waals surface area contributed by atoms with E-state index in [2.05, 4.69) is 4.98 Å². The number of nitrogen functional groups attached to an aromatic ring is 1. The minimum atomic E-state index is -0.480. The van der Waals surface area contributed by atoms with E-state index in [1.54, 1.807) is 49.5 Å². The van der Waals surface area contributed by atoms with Crippen molar-refractivity contribution in [1.29, 1.82) is 0 Å². The van der Waals surface area contributed by atoms with Crippen molar-refractivity contribution in [3.8, 4) is 0 Å². The average molecular weight is 334 g/mol. The number of ether oxygens (including phenoxy) is 1. The standard InChI is InChI=1S/C19H14N2O4/c1-2-24-19(23)13-8-10-5-6-11-17(22)16-15(4-3-7-21-16)25-18(11)12(10)9-14(13)20/h3-9H,2,20H2,1H3. The zero-order valence-electron chi connectivity index (χ0n) is 13.4. The zero-order chi connectivity index (χ0) is 17.6. The Balaban J connectivity index is 2.08. The van der Waals surface area contributed by atoms with Crippen LogP contribution in [0.25, 0.3) is 32.8 Å². The molecule has 0 unspecified atom stereocenters. The van der Waals surface area contributed by atoms with E-state index in [0.717, 1.165) is 5.39 Å². The summed E-state index contributed by atoms with van der Waals surface area (Å²) >= 11 is 0. The van der Waals surface area contributed by atoms with E-state index in [-0.39, 0.29) is 23.2 Å². The quantitative estimate of drug-likeness (QED) is 0.262. The molecule has 0 radical (unpaired) electrons. The van der Waals surface area contributed by atoms with Crippen molar-refractivity contribution in [3.63, 3.8) is 0 Å². The molecular formula is C19H14N2O4. The van der Waals surface area contributed by atoms with E-state index in [1.165, 1.54) is 0 Å². The van der Waals surface area contributed by atoms with E-state index < -0.39 is 5.97 Å². The van der Waals surface area contributed by atoms with Gasteiger partial charge in [0.25, 0.3) is 0 Å². The topological polar surface area (TPSA) is 95.4 Å². The largest absolute Gasteiger partial charge is 0.462 e. The van der Waals surface area contributed by atoms with Crippen LogP contribution in [0, 0.1) is 0 Å². The molecule has 2 aromatic carbocycles. The molecule has 124 valence electrons. The van der Waals surface area contributed by atoms with Crippen LogP contribution in [-0.4, -0.2) is 17.6 Å². The first-order chi connectivity index (χ1) is 12.1. The van der Waals surface area contributed by atoms with Gasteiger partial charge in [-0.3, -0.25) is 4.79 Å². The van der Waals surface area contributed by atoms with E-state index in [4.69, 9.17) is 14.9 Å². The summed E-state index contributed by atoms with van der Waals surface area (Å²) in [6.45, 7) is 2.00. The fraction of sp³-hybridized carbons (Fsp3) is 0.105. The second-order valence-electron chi connectivity index (χ2n) is 5.60. The van der Waals surface area contributed by atoms with Crippen molar-refractivity contribution in [3.05, 3.63) is 58.4 Å². The van der Waals surface area contributed by atoms with Gasteiger partial charge in [-0.2, -0.15) is 0 Å². The summed E-state index contributed by atoms with van der Waals surface area (Å²) < 4.78 is 10.9. The number of benzene rings is 2. The Bertz CT molecular complexity index is 1210. The van der Waals surface area contributed by atoms with Crippen LogP contribution in [0.3, 0.4) is 0 Å². The Morgan fingerprint density at radius 1 is 1.24 bits per heavy atom. The molecule has 0 spiro atoms. The van der Waals surface area contributed by atoms with Crippen LogP contribution < -0.4 is 11.2 Å². The highest BCUT2D eigenvalue weighted by atomic mass is 16.5. The molecule has 0 aliphatic rings. The number of carbonyl (C=O) groups excluding carboxylic acids is 1. The van der Waals surface area contributed by atoms with Gasteiger partial charge >= 0.3 is 5.97 Å². The number of anilines is 1. The summed E-state index contributed by atoms with van der Waals surface area (Å²) in [6.07, 6.45) is 1.55. The first-order valence-corrected chi connectivity index (χ1v) is 7.81. The van der Waals surface area contributed by atoms with E-state index in [0.29, 0.717) is 27.5 Å². The van der Waals surface area contributed by atoms with Crippen LogP contribution >= 0.6 is 0 Å². The number of nitrogens with two attached hydrogens (primary N) is 1. The molecule has 0 aliphatic heterocycles. The molecule has 25 heavy (non-hydrogen) atoms. The van der Waals surface area contributed by atoms with E-state index in [1.807, 2.05) is 0 Å². The SMILES string of the molecule is CCOC(=O)c1cc2ccc3c(=O)c4ncccc4oc3c2cc1N. The fourth-order valence-corrected chi connectivity index (χ4v) is 2.92. The molecule has 0 saturated heterocycles. The van der Waals surface area contributed by atoms with Gasteiger partial charge in [0.1, 0.15) is 5.58 Å². The molecule has 0 fully saturated rings. The minimum Gasteiger partial charge on any atom is -0.462 e. The van der Waals surface area contributed by atoms with Crippen LogP contribution in [0.2, 0.25) is 0 Å². The Hall–Kier alpha value is -3.41. The molecule has 0 aliphatic carbocycles. The highest BCUT2D eigenvalue weighted by Gasteiger charge is 2.16. The van der Waals surface area contributed by atoms with Crippen LogP contribution in [0.4, 0.5) is 5.69 Å². The minimum absolute atomic E-state index is 0.202. The summed E-state index contributed by atoms with van der Waals surface area (Å²) in [5.74, 6) is -0.480. The lowest BCUT2D eigenvalue weighted by atomic mass is 10.0. The predicted molar refractivity (Wildman–Crippen MR) is 95.7 cm³/mol. The number of esters is 1. The third-order valence-corrected chi connectivity index (χ3v) is 4.08. The predicted octanol–water partition coefficient (Wildman–Crippen LogP) is 3.25. The summed E-state index contributed by atoms with van der Waals surface area (Å²) in [4.78, 5) is 28.8. The maximum Gasteiger partial charge on any atom is 0.340 e. The molecule has 0 bridgehead atoms. The number of rotatable bonds is 2. The zero-order valence-corrected chi connectivity index (χ0v) is 13.4. The van der Waals surface area contributed by atoms with Gasteiger partial charge in [-0.25, -0.2) is 9.78 Å². The van der Waals surface area contributed by atoms with Crippen molar-refractivity contribution in [2.75, 3.05) is 12.3 Å². The maximum absolute atomic E-state index is 12.6. The van der Waals surface area contributed by atoms with Crippen molar-refractivity contribution < 1.29 is 13.9 Å². The number of pyridine rings is 1. The molecule has 4 aromatic rings. The first-order valence-electron chi connectivity index (χ1n) is 7.81. The summed E-state index contributed by atoms with van der Waals surface area (Å²) in [5, 5.41) is 1.81. The van der Waals surface area contributed by atoms with Gasteiger partial charge in [0.15, 0.2) is 11.1 Å². The van der Waals surface area contributed by atoms with Gasteiger partial charge in [0.05, 0.1) is 17.6 Å². The monoisotopic (exact) mass is 334 g/mol. The normalized spacial score (nSPS) is 11.2. The maximum atomic E-state index is 12.6. The molecule has 4 rings (SSSR count). The van der Waals surface area contributed by atoms with Gasteiger partial charge in [0.2, 0.25) is 5.43 Å². The van der Waals surface area contributed by atoms with Gasteiger partial charge in [0, 0.05) is 17.3 Å². The second-order valence-corrected chi connectivity index (χ2v) is 5.60. The molecule has 2 heterocycles. The number of carbonyl (C=O) groups is 1. The second kappa shape index (κ2) is 5.59. The van der Waals surface area contributed by atoms with Crippen molar-refractivity contribution in [2.45, 2.75) is 6.92 Å². The highest BCUT2D eigenvalue weighted by Crippen LogP contribution is 2.30. The van der Waals surface area contributed by atoms with Crippen LogP contribution in [0.15, 0.2) is 51.8 Å². The smallest absolute Gasteiger partial charge is 0.340 e. The fourth-order valence-electron chi connectivity index (χ4n) is 2.92. The summed E-state index contributed by atoms with van der Waals surface area (Å²) in [6, 6.07) is 10.1. The Morgan fingerprint density at radius 2 is 2.08 bits per heavy atom. The van der Waals surface area contributed by atoms with Crippen molar-refractivity contribution >= 4 is 44.5 Å². The molecule has 2 N–H and O–H groups in total. The van der Waals surface area contributed by atoms with E-state index in [9.17, 15) is 9.59 Å². The van der Waals surface area contributed by atoms with Crippen molar-refractivity contribution in [2.24, 2.45) is 0 Å². The van der Waals surface area contributed by atoms with Gasteiger partial charge in [-0.1, -0.05) is 6.07 Å². The average Bonchev–Trinajstić information content (AvgIpc) is 2.61. The first kappa shape index (κ1) is 15.1. The van der Waals surface area contributed by atoms with Crippen LogP contribution in [0.5, 0.6) is 0 Å². The van der Waals surface area contributed by atoms with Gasteiger partial charge < -0.3 is 14.9 Å². The Morgan fingerprint density at radius 3 is 2.88 bits per heavy atom. The number of hydrogen-bond donors (Lipinski definition) is 1. The molecule has 0 saturated carbocycles. The van der Waals surface area contributed by atoms with Crippen molar-refractivity contribution in [1.82, 2.24) is 4.98 Å². The number of nitrogens with zero attached hydrogens (tertiary/aromatic N) is 1. The molecule has 0 amide bonds. The molecule has 6 heteroatoms. The van der Waals surface area contributed by atoms with E-state index >= 15 is 0 Å². The number of fused-ring (bicyclic) bond motifs is 4. The van der Waals surface area contributed by atoms with Gasteiger partial charge in [-0.15, -0.1) is 0 Å². The Kier molecular flexibility index (Phi) is 3.39. The number of hydrogen-bond acceptors (Lipinski definition) is 6. The van der Waals surface area contributed by atoms with Crippen LogP contribution in [-0.2, 0) is 4.74 Å². The highest BCUT2D eigenvalue weighted by molar-refractivity contribution is 6.10. The lowest BCUT2D eigenvalue weighted by molar-refractivity contribution is 0.0528. The third-order valence-electron chi connectivity index (χ3n) is 4.08. The molecule has 6 nitrogen and oxygen atoms in total. The van der Waals surface area contributed by atoms with Crippen LogP contribution in [0.1, 0.15) is 17.3 Å². The lowest BCUT2D eigenvalue weighted by Gasteiger charge is -2.09. The third kappa shape index (κ3) is 2.30. The molecule has 0 atom stereocenters. The summed E-state index contributed by atoms with van der Waals surface area (Å²) in [7, 11) is 0. The molecular weight excluding hydrogens is 320 g/mol. The number of aromatic nitrogens is 1. The lowest BCUT2D eigenvalue weighted by Crippen LogP contribution is -2.08.